The van der Waals surface area contributed by atoms with Crippen molar-refractivity contribution >= 4 is 10.1 Å². The van der Waals surface area contributed by atoms with Gasteiger partial charge >= 0.3 is 0 Å². The van der Waals surface area contributed by atoms with Gasteiger partial charge in [0.15, 0.2) is 0 Å². The van der Waals surface area contributed by atoms with Crippen molar-refractivity contribution < 1.29 is 22.8 Å². The molecule has 24 heavy (non-hydrogen) atoms. The highest BCUT2D eigenvalue weighted by atomic mass is 32.2. The predicted molar refractivity (Wildman–Crippen MR) is 91.2 cm³/mol. The number of nitriles is 2. The van der Waals surface area contributed by atoms with Crippen LogP contribution >= 0.6 is 0 Å². The van der Waals surface area contributed by atoms with Crippen molar-refractivity contribution in [3.8, 4) is 12.1 Å². The average Bonchev–Trinajstić information content (AvgIpc) is 2.48. The summed E-state index contributed by atoms with van der Waals surface area (Å²) in [5, 5.41) is 33.8. The summed E-state index contributed by atoms with van der Waals surface area (Å²) in [6, 6.07) is 4.11. The molecule has 0 radical (unpaired) electrons. The van der Waals surface area contributed by atoms with Crippen molar-refractivity contribution in [2.75, 3.05) is 26.1 Å². The van der Waals surface area contributed by atoms with Crippen molar-refractivity contribution in [1.82, 2.24) is 0 Å². The molecule has 0 heterocycles. The highest BCUT2D eigenvalue weighted by molar-refractivity contribution is 7.85. The first-order chi connectivity index (χ1) is 11.3. The van der Waals surface area contributed by atoms with Crippen molar-refractivity contribution in [2.24, 2.45) is 11.8 Å². The van der Waals surface area contributed by atoms with Crippen LogP contribution in [0, 0.1) is 34.5 Å². The van der Waals surface area contributed by atoms with Gasteiger partial charge in [-0.15, -0.1) is 0 Å². The molecule has 0 spiro atoms. The van der Waals surface area contributed by atoms with E-state index in [0.717, 1.165) is 19.1 Å². The van der Waals surface area contributed by atoms with Gasteiger partial charge in [-0.25, -0.2) is 0 Å². The van der Waals surface area contributed by atoms with E-state index in [1.165, 1.54) is 0 Å². The number of rotatable bonds is 12. The van der Waals surface area contributed by atoms with Gasteiger partial charge in [0, 0.05) is 26.1 Å². The minimum Gasteiger partial charge on any atom is -0.396 e. The molecule has 1 unspecified atom stereocenters. The van der Waals surface area contributed by atoms with E-state index in [9.17, 15) is 8.42 Å². The van der Waals surface area contributed by atoms with Crippen LogP contribution in [0.25, 0.3) is 0 Å². The van der Waals surface area contributed by atoms with Crippen LogP contribution in [0.15, 0.2) is 0 Å². The third-order valence-electron chi connectivity index (χ3n) is 3.36. The van der Waals surface area contributed by atoms with Gasteiger partial charge in [0.1, 0.15) is 0 Å². The van der Waals surface area contributed by atoms with Crippen molar-refractivity contribution in [1.29, 1.82) is 10.5 Å². The van der Waals surface area contributed by atoms with E-state index in [-0.39, 0.29) is 31.7 Å². The van der Waals surface area contributed by atoms with Gasteiger partial charge in [-0.3, -0.25) is 4.18 Å². The molecular formula is C16H30N2O5S. The fraction of sp³-hybridized carbons (Fsp3) is 0.875. The molecule has 0 aliphatic carbocycles. The molecule has 8 heteroatoms. The molecule has 0 aromatic carbocycles. The van der Waals surface area contributed by atoms with Crippen LogP contribution in [0.3, 0.4) is 0 Å². The average molecular weight is 362 g/mol. The van der Waals surface area contributed by atoms with E-state index < -0.39 is 10.1 Å². The maximum Gasteiger partial charge on any atom is 0.264 e. The number of hydrogen-bond acceptors (Lipinski definition) is 7. The lowest BCUT2D eigenvalue weighted by atomic mass is 9.97. The fourth-order valence-electron chi connectivity index (χ4n) is 2.09. The predicted octanol–water partition coefficient (Wildman–Crippen LogP) is 1.96. The normalized spacial score (nSPS) is 12.0. The molecule has 0 rings (SSSR count). The third-order valence-corrected chi connectivity index (χ3v) is 3.95. The molecular weight excluding hydrogens is 332 g/mol. The SMILES string of the molecule is CCCC(CC#N)CCOS(C)(=O)=O.N#CCC(CCO)CCO. The lowest BCUT2D eigenvalue weighted by molar-refractivity contribution is 0.217. The molecule has 2 N–H and O–H groups in total. The van der Waals surface area contributed by atoms with E-state index in [4.69, 9.17) is 20.7 Å². The molecule has 7 nitrogen and oxygen atoms in total. The molecule has 140 valence electrons. The molecule has 0 aliphatic heterocycles. The maximum atomic E-state index is 10.6. The van der Waals surface area contributed by atoms with E-state index >= 15 is 0 Å². The Labute approximate surface area is 146 Å². The highest BCUT2D eigenvalue weighted by Crippen LogP contribution is 2.15. The number of hydrogen-bond donors (Lipinski definition) is 2. The van der Waals surface area contributed by atoms with Crippen LogP contribution in [0.1, 0.15) is 51.9 Å². The zero-order valence-corrected chi connectivity index (χ0v) is 15.5. The molecule has 0 amide bonds. The van der Waals surface area contributed by atoms with Crippen molar-refractivity contribution in [3.63, 3.8) is 0 Å². The van der Waals surface area contributed by atoms with Crippen molar-refractivity contribution in [2.45, 2.75) is 51.9 Å². The zero-order valence-electron chi connectivity index (χ0n) is 14.6. The summed E-state index contributed by atoms with van der Waals surface area (Å²) in [6.45, 7) is 2.44. The van der Waals surface area contributed by atoms with Crippen LogP contribution in [-0.2, 0) is 14.3 Å². The summed E-state index contributed by atoms with van der Waals surface area (Å²) >= 11 is 0. The van der Waals surface area contributed by atoms with Crippen LogP contribution in [0.2, 0.25) is 0 Å². The summed E-state index contributed by atoms with van der Waals surface area (Å²) in [7, 11) is -3.33. The Bertz CT molecular complexity index is 462. The van der Waals surface area contributed by atoms with Gasteiger partial charge in [-0.2, -0.15) is 18.9 Å². The summed E-state index contributed by atoms with van der Waals surface area (Å²) in [6.07, 6.45) is 5.76. The Hall–Kier alpha value is -1.19. The van der Waals surface area contributed by atoms with Gasteiger partial charge in [0.25, 0.3) is 10.1 Å². The van der Waals surface area contributed by atoms with Gasteiger partial charge in [-0.05, 0) is 37.5 Å². The number of aliphatic hydroxyl groups excluding tert-OH is 2. The fourth-order valence-corrected chi connectivity index (χ4v) is 2.49. The zero-order chi connectivity index (χ0) is 18.8. The Balaban J connectivity index is 0. The summed E-state index contributed by atoms with van der Waals surface area (Å²) < 4.78 is 25.9. The Morgan fingerprint density at radius 2 is 1.42 bits per heavy atom. The molecule has 0 aromatic heterocycles. The number of nitrogens with zero attached hydrogens (tertiary/aromatic N) is 2. The van der Waals surface area contributed by atoms with Crippen LogP contribution in [0.5, 0.6) is 0 Å². The minimum atomic E-state index is -3.33. The molecule has 1 atom stereocenters. The second-order valence-corrected chi connectivity index (χ2v) is 7.23. The summed E-state index contributed by atoms with van der Waals surface area (Å²) in [5.41, 5.74) is 0. The third kappa shape index (κ3) is 18.9. The second-order valence-electron chi connectivity index (χ2n) is 5.58. The first kappa shape index (κ1) is 25.1. The van der Waals surface area contributed by atoms with Crippen molar-refractivity contribution in [3.05, 3.63) is 0 Å². The lowest BCUT2D eigenvalue weighted by Gasteiger charge is -2.11. The van der Waals surface area contributed by atoms with Gasteiger partial charge in [0.2, 0.25) is 0 Å². The number of aliphatic hydroxyl groups is 2. The van der Waals surface area contributed by atoms with E-state index in [1.807, 2.05) is 13.0 Å². The van der Waals surface area contributed by atoms with Crippen LogP contribution < -0.4 is 0 Å². The topological polar surface area (TPSA) is 131 Å². The van der Waals surface area contributed by atoms with Gasteiger partial charge < -0.3 is 10.2 Å². The lowest BCUT2D eigenvalue weighted by Crippen LogP contribution is -2.09. The Morgan fingerprint density at radius 1 is 0.958 bits per heavy atom. The van der Waals surface area contributed by atoms with Crippen LogP contribution in [0.4, 0.5) is 0 Å². The Morgan fingerprint density at radius 3 is 1.75 bits per heavy atom. The molecule has 0 fully saturated rings. The van der Waals surface area contributed by atoms with Gasteiger partial charge in [-0.1, -0.05) is 13.3 Å². The monoisotopic (exact) mass is 362 g/mol. The van der Waals surface area contributed by atoms with E-state index in [2.05, 4.69) is 10.3 Å². The molecule has 0 aromatic rings. The first-order valence-electron chi connectivity index (χ1n) is 8.14. The molecule has 0 bridgehead atoms. The minimum absolute atomic E-state index is 0.104. The van der Waals surface area contributed by atoms with E-state index in [0.29, 0.717) is 32.1 Å². The highest BCUT2D eigenvalue weighted by Gasteiger charge is 2.09. The summed E-state index contributed by atoms with van der Waals surface area (Å²) in [4.78, 5) is 0. The smallest absolute Gasteiger partial charge is 0.264 e. The van der Waals surface area contributed by atoms with Gasteiger partial charge in [0.05, 0.1) is 25.0 Å². The Kier molecular flexibility index (Phi) is 17.4. The molecule has 0 saturated heterocycles. The molecule has 0 saturated carbocycles. The quantitative estimate of drug-likeness (QED) is 0.507. The standard InChI is InChI=1S/C9H17NO3S.C7H13NO2/c1-3-4-9(5-7-10)6-8-13-14(2,11)12;8-4-1-7(2-5-9)3-6-10/h9H,3-6,8H2,1-2H3;7,9-10H,1-3,5-6H2. The molecule has 0 aliphatic rings. The largest absolute Gasteiger partial charge is 0.396 e. The van der Waals surface area contributed by atoms with Crippen LogP contribution in [-0.4, -0.2) is 44.7 Å². The van der Waals surface area contributed by atoms with E-state index in [1.54, 1.807) is 0 Å². The maximum absolute atomic E-state index is 10.6. The summed E-state index contributed by atoms with van der Waals surface area (Å²) in [5.74, 6) is 0.423. The second kappa shape index (κ2) is 16.7. The first-order valence-corrected chi connectivity index (χ1v) is 9.96.